The van der Waals surface area contributed by atoms with Gasteiger partial charge < -0.3 is 9.64 Å². The van der Waals surface area contributed by atoms with Crippen molar-refractivity contribution in [2.24, 2.45) is 7.05 Å². The summed E-state index contributed by atoms with van der Waals surface area (Å²) in [6, 6.07) is 7.98. The first-order chi connectivity index (χ1) is 11.8. The molecule has 25 heavy (non-hydrogen) atoms. The van der Waals surface area contributed by atoms with Crippen LogP contribution in [0.4, 0.5) is 13.2 Å². The van der Waals surface area contributed by atoms with E-state index in [0.29, 0.717) is 25.3 Å². The molecule has 1 aromatic carbocycles. The number of rotatable bonds is 6. The van der Waals surface area contributed by atoms with Crippen molar-refractivity contribution in [2.75, 3.05) is 13.7 Å². The number of aromatic nitrogens is 2. The van der Waals surface area contributed by atoms with E-state index in [0.717, 1.165) is 16.3 Å². The normalized spacial score (nSPS) is 11.4. The molecule has 1 heterocycles. The fourth-order valence-electron chi connectivity index (χ4n) is 2.44. The zero-order valence-electron chi connectivity index (χ0n) is 14.3. The number of nitrogens with zero attached hydrogens (tertiary/aromatic N) is 3. The summed E-state index contributed by atoms with van der Waals surface area (Å²) in [6.07, 6.45) is -3.90. The fourth-order valence-corrected chi connectivity index (χ4v) is 2.44. The Morgan fingerprint density at radius 2 is 1.92 bits per heavy atom. The van der Waals surface area contributed by atoms with Crippen LogP contribution < -0.4 is 4.74 Å². The highest BCUT2D eigenvalue weighted by Gasteiger charge is 2.36. The molecule has 0 atom stereocenters. The van der Waals surface area contributed by atoms with E-state index in [1.807, 2.05) is 19.1 Å². The lowest BCUT2D eigenvalue weighted by atomic mass is 10.2. The van der Waals surface area contributed by atoms with E-state index in [9.17, 15) is 18.0 Å². The number of hydrogen-bond donors (Lipinski definition) is 0. The summed E-state index contributed by atoms with van der Waals surface area (Å²) < 4.78 is 44.5. The van der Waals surface area contributed by atoms with Gasteiger partial charge in [0.25, 0.3) is 5.91 Å². The third-order valence-corrected chi connectivity index (χ3v) is 3.70. The lowest BCUT2D eigenvalue weighted by molar-refractivity contribution is -0.141. The van der Waals surface area contributed by atoms with E-state index >= 15 is 0 Å². The second kappa shape index (κ2) is 7.58. The third kappa shape index (κ3) is 4.52. The number of ether oxygens (including phenoxy) is 1. The molecule has 0 bridgehead atoms. The largest absolute Gasteiger partial charge is 0.497 e. The van der Waals surface area contributed by atoms with Crippen LogP contribution in [0.1, 0.15) is 35.1 Å². The van der Waals surface area contributed by atoms with Gasteiger partial charge >= 0.3 is 6.18 Å². The number of carbonyl (C=O) groups excluding carboxylic acids is 1. The highest BCUT2D eigenvalue weighted by atomic mass is 19.4. The van der Waals surface area contributed by atoms with Crippen molar-refractivity contribution in [3.63, 3.8) is 0 Å². The first-order valence-corrected chi connectivity index (χ1v) is 7.79. The molecule has 8 heteroatoms. The summed E-state index contributed by atoms with van der Waals surface area (Å²) in [5.74, 6) is 0.210. The van der Waals surface area contributed by atoms with Crippen LogP contribution in [0.25, 0.3) is 0 Å². The third-order valence-electron chi connectivity index (χ3n) is 3.70. The quantitative estimate of drug-likeness (QED) is 0.797. The average Bonchev–Trinajstić information content (AvgIpc) is 2.96. The van der Waals surface area contributed by atoms with Crippen molar-refractivity contribution in [1.29, 1.82) is 0 Å². The minimum absolute atomic E-state index is 0.0886. The Bertz CT molecular complexity index is 724. The summed E-state index contributed by atoms with van der Waals surface area (Å²) >= 11 is 0. The van der Waals surface area contributed by atoms with E-state index in [-0.39, 0.29) is 5.69 Å². The molecule has 0 aliphatic carbocycles. The van der Waals surface area contributed by atoms with Crippen molar-refractivity contribution >= 4 is 5.91 Å². The highest BCUT2D eigenvalue weighted by Crippen LogP contribution is 2.28. The van der Waals surface area contributed by atoms with Crippen molar-refractivity contribution in [3.8, 4) is 5.75 Å². The van der Waals surface area contributed by atoms with Crippen LogP contribution in [0.2, 0.25) is 0 Å². The smallest absolute Gasteiger partial charge is 0.435 e. The lowest BCUT2D eigenvalue weighted by Crippen LogP contribution is -2.32. The molecular weight excluding hydrogens is 335 g/mol. The molecule has 0 N–H and O–H groups in total. The Kier molecular flexibility index (Phi) is 5.71. The van der Waals surface area contributed by atoms with Gasteiger partial charge in [-0.05, 0) is 24.1 Å². The molecule has 136 valence electrons. The first-order valence-electron chi connectivity index (χ1n) is 7.79. The van der Waals surface area contributed by atoms with Gasteiger partial charge in [0.2, 0.25) is 0 Å². The first kappa shape index (κ1) is 18.8. The van der Waals surface area contributed by atoms with Crippen LogP contribution in [-0.4, -0.2) is 34.2 Å². The number of halogens is 3. The van der Waals surface area contributed by atoms with Crippen molar-refractivity contribution in [1.82, 2.24) is 14.7 Å². The van der Waals surface area contributed by atoms with Crippen molar-refractivity contribution in [3.05, 3.63) is 47.3 Å². The predicted molar refractivity (Wildman–Crippen MR) is 86.2 cm³/mol. The molecule has 0 aliphatic heterocycles. The molecule has 1 aromatic heterocycles. The SMILES string of the molecule is CCCN(Cc1ccc(OC)cc1)C(=O)c1cc(C(F)(F)F)nn1C. The maximum Gasteiger partial charge on any atom is 0.435 e. The van der Waals surface area contributed by atoms with Crippen LogP contribution in [-0.2, 0) is 19.8 Å². The number of hydrogen-bond acceptors (Lipinski definition) is 3. The van der Waals surface area contributed by atoms with Gasteiger partial charge in [0.15, 0.2) is 5.69 Å². The zero-order valence-corrected chi connectivity index (χ0v) is 14.3. The number of amides is 1. The van der Waals surface area contributed by atoms with Gasteiger partial charge in [-0.3, -0.25) is 9.48 Å². The van der Waals surface area contributed by atoms with E-state index in [2.05, 4.69) is 5.10 Å². The lowest BCUT2D eigenvalue weighted by Gasteiger charge is -2.22. The van der Waals surface area contributed by atoms with Crippen LogP contribution in [0.5, 0.6) is 5.75 Å². The van der Waals surface area contributed by atoms with Gasteiger partial charge in [-0.1, -0.05) is 19.1 Å². The zero-order chi connectivity index (χ0) is 18.6. The Labute approximate surface area is 144 Å². The maximum atomic E-state index is 12.8. The number of benzene rings is 1. The summed E-state index contributed by atoms with van der Waals surface area (Å²) in [5, 5.41) is 3.40. The second-order valence-corrected chi connectivity index (χ2v) is 5.61. The summed E-state index contributed by atoms with van der Waals surface area (Å²) in [6.45, 7) is 2.62. The van der Waals surface area contributed by atoms with Crippen LogP contribution >= 0.6 is 0 Å². The molecule has 0 fully saturated rings. The summed E-state index contributed by atoms with van der Waals surface area (Å²) in [4.78, 5) is 14.2. The van der Waals surface area contributed by atoms with Gasteiger partial charge in [-0.25, -0.2) is 0 Å². The fraction of sp³-hybridized carbons (Fsp3) is 0.412. The van der Waals surface area contributed by atoms with Gasteiger partial charge in [0.05, 0.1) is 7.11 Å². The maximum absolute atomic E-state index is 12.8. The number of alkyl halides is 3. The van der Waals surface area contributed by atoms with Crippen LogP contribution in [0, 0.1) is 0 Å². The minimum Gasteiger partial charge on any atom is -0.497 e. The predicted octanol–water partition coefficient (Wildman–Crippen LogP) is 3.50. The number of aryl methyl sites for hydroxylation is 1. The number of carbonyl (C=O) groups is 1. The molecule has 0 saturated heterocycles. The average molecular weight is 355 g/mol. The van der Waals surface area contributed by atoms with E-state index in [1.165, 1.54) is 11.9 Å². The molecule has 0 unspecified atom stereocenters. The van der Waals surface area contributed by atoms with Gasteiger partial charge in [0.1, 0.15) is 11.4 Å². The molecule has 1 amide bonds. The molecule has 0 saturated carbocycles. The van der Waals surface area contributed by atoms with Crippen molar-refractivity contribution in [2.45, 2.75) is 26.1 Å². The molecule has 0 spiro atoms. The van der Waals surface area contributed by atoms with Gasteiger partial charge in [-0.2, -0.15) is 18.3 Å². The summed E-state index contributed by atoms with van der Waals surface area (Å²) in [5.41, 5.74) is -0.297. The molecular formula is C17H20F3N3O2. The topological polar surface area (TPSA) is 47.4 Å². The molecule has 2 rings (SSSR count). The van der Waals surface area contributed by atoms with Crippen molar-refractivity contribution < 1.29 is 22.7 Å². The molecule has 5 nitrogen and oxygen atoms in total. The monoisotopic (exact) mass is 355 g/mol. The molecule has 0 aliphatic rings. The van der Waals surface area contributed by atoms with Crippen LogP contribution in [0.15, 0.2) is 30.3 Å². The highest BCUT2D eigenvalue weighted by molar-refractivity contribution is 5.92. The number of methoxy groups -OCH3 is 1. The molecule has 0 radical (unpaired) electrons. The minimum atomic E-state index is -4.58. The Morgan fingerprint density at radius 1 is 1.28 bits per heavy atom. The second-order valence-electron chi connectivity index (χ2n) is 5.61. The van der Waals surface area contributed by atoms with E-state index < -0.39 is 17.8 Å². The Morgan fingerprint density at radius 3 is 2.40 bits per heavy atom. The van der Waals surface area contributed by atoms with E-state index in [1.54, 1.807) is 19.2 Å². The van der Waals surface area contributed by atoms with E-state index in [4.69, 9.17) is 4.74 Å². The summed E-state index contributed by atoms with van der Waals surface area (Å²) in [7, 11) is 2.89. The Balaban J connectivity index is 2.24. The van der Waals surface area contributed by atoms with Gasteiger partial charge in [0, 0.05) is 26.2 Å². The molecule has 2 aromatic rings. The van der Waals surface area contributed by atoms with Gasteiger partial charge in [-0.15, -0.1) is 0 Å². The Hall–Kier alpha value is -2.51. The van der Waals surface area contributed by atoms with Crippen LogP contribution in [0.3, 0.4) is 0 Å². The standard InChI is InChI=1S/C17H20F3N3O2/c1-4-9-23(11-12-5-7-13(25-3)8-6-12)16(24)14-10-15(17(18,19)20)21-22(14)2/h5-8,10H,4,9,11H2,1-3H3.